The van der Waals surface area contributed by atoms with E-state index >= 15 is 0 Å². The Labute approximate surface area is 298 Å². The maximum atomic E-state index is 14.5. The molecule has 0 spiro atoms. The third kappa shape index (κ3) is 20.9. The monoisotopic (exact) mass is 702 g/mol. The molecule has 0 amide bonds. The number of unbranched alkanes of at least 4 members (excludes halogenated alkanes) is 20. The highest BCUT2D eigenvalue weighted by atomic mass is 31.1. The minimum absolute atomic E-state index is 0.256. The molecule has 0 aliphatic rings. The molecule has 0 aromatic carbocycles. The van der Waals surface area contributed by atoms with Crippen LogP contribution in [0.15, 0.2) is 12.7 Å². The van der Waals surface area contributed by atoms with E-state index < -0.39 is 24.8 Å². The summed E-state index contributed by atoms with van der Waals surface area (Å²) >= 11 is 0. The van der Waals surface area contributed by atoms with Crippen molar-refractivity contribution in [3.8, 4) is 0 Å². The van der Waals surface area contributed by atoms with E-state index in [1.807, 2.05) is 0 Å². The molecule has 1 unspecified atom stereocenters. The molecule has 0 aromatic heterocycles. The van der Waals surface area contributed by atoms with Gasteiger partial charge in [-0.3, -0.25) is 0 Å². The van der Waals surface area contributed by atoms with Crippen LogP contribution in [0.25, 0.3) is 0 Å². The van der Waals surface area contributed by atoms with Gasteiger partial charge in [-0.2, -0.15) is 0 Å². The van der Waals surface area contributed by atoms with Crippen LogP contribution in [-0.4, -0.2) is 50.1 Å². The van der Waals surface area contributed by atoms with Crippen LogP contribution in [0.5, 0.6) is 0 Å². The number of hydrogen-bond acceptors (Lipinski definition) is 7. The van der Waals surface area contributed by atoms with E-state index in [1.165, 1.54) is 19.3 Å². The molecule has 7 nitrogen and oxygen atoms in total. The Morgan fingerprint density at radius 2 is 0.708 bits per heavy atom. The van der Waals surface area contributed by atoms with E-state index in [0.717, 1.165) is 147 Å². The Hall–Kier alpha value is -0.690. The lowest BCUT2D eigenvalue weighted by Crippen LogP contribution is -2.61. The molecule has 48 heavy (non-hydrogen) atoms. The molecular formula is C40H78O7P+. The fourth-order valence-corrected chi connectivity index (χ4v) is 6.97. The van der Waals surface area contributed by atoms with Gasteiger partial charge in [-0.15, -0.1) is 0 Å². The van der Waals surface area contributed by atoms with Crippen molar-refractivity contribution in [2.24, 2.45) is 0 Å². The molecule has 8 heteroatoms. The van der Waals surface area contributed by atoms with Crippen LogP contribution in [0.2, 0.25) is 0 Å². The van der Waals surface area contributed by atoms with Crippen LogP contribution in [0.4, 0.5) is 0 Å². The molecule has 0 aliphatic heterocycles. The summed E-state index contributed by atoms with van der Waals surface area (Å²) in [5, 5.41) is 0. The first-order valence-corrected chi connectivity index (χ1v) is 21.5. The van der Waals surface area contributed by atoms with Crippen molar-refractivity contribution in [2.45, 2.75) is 207 Å². The standard InChI is InChI=1S/C40H78O7P/c1-7-13-18-23-28-33-43-39(44-34-29-24-19-14-8-2,45-35-30-25-20-15-9-3)40(48(42)38(41)12-6,46-36-31-26-21-16-10-4)47-37-32-27-22-17-11-5/h12H,6-11,13-37H2,1-5H3/q+1. The highest BCUT2D eigenvalue weighted by Crippen LogP contribution is 2.53. The Bertz CT molecular complexity index is 703. The van der Waals surface area contributed by atoms with E-state index in [2.05, 4.69) is 41.2 Å². The largest absolute Gasteiger partial charge is 0.495 e. The molecule has 0 bridgehead atoms. The molecule has 0 aromatic rings. The quantitative estimate of drug-likeness (QED) is 0.0273. The van der Waals surface area contributed by atoms with E-state index in [1.54, 1.807) is 0 Å². The molecule has 0 radical (unpaired) electrons. The minimum Gasteiger partial charge on any atom is -0.319 e. The maximum Gasteiger partial charge on any atom is 0.495 e. The topological polar surface area (TPSA) is 80.3 Å². The number of carbonyl (C=O) groups is 1. The van der Waals surface area contributed by atoms with E-state index in [9.17, 15) is 9.36 Å². The summed E-state index contributed by atoms with van der Waals surface area (Å²) in [6.07, 6.45) is 26.9. The first-order valence-electron chi connectivity index (χ1n) is 20.3. The number of hydrogen-bond donors (Lipinski definition) is 0. The molecular weight excluding hydrogens is 623 g/mol. The van der Waals surface area contributed by atoms with Gasteiger partial charge in [0.1, 0.15) is 0 Å². The van der Waals surface area contributed by atoms with Gasteiger partial charge >= 0.3 is 24.8 Å². The smallest absolute Gasteiger partial charge is 0.319 e. The van der Waals surface area contributed by atoms with Crippen LogP contribution in [0, 0.1) is 0 Å². The van der Waals surface area contributed by atoms with Crippen LogP contribution in [-0.2, 0) is 33.0 Å². The highest BCUT2D eigenvalue weighted by Gasteiger charge is 2.75. The lowest BCUT2D eigenvalue weighted by Gasteiger charge is -2.40. The molecule has 0 heterocycles. The van der Waals surface area contributed by atoms with Crippen molar-refractivity contribution in [2.75, 3.05) is 33.0 Å². The zero-order valence-electron chi connectivity index (χ0n) is 32.3. The third-order valence-electron chi connectivity index (χ3n) is 8.74. The average molecular weight is 702 g/mol. The number of carbonyl (C=O) groups excluding carboxylic acids is 1. The van der Waals surface area contributed by atoms with Gasteiger partial charge in [-0.1, -0.05) is 174 Å². The van der Waals surface area contributed by atoms with Crippen molar-refractivity contribution in [1.82, 2.24) is 0 Å². The fourth-order valence-electron chi connectivity index (χ4n) is 5.66. The predicted octanol–water partition coefficient (Wildman–Crippen LogP) is 12.8. The normalized spacial score (nSPS) is 12.5. The maximum absolute atomic E-state index is 14.5. The molecule has 0 rings (SSSR count). The first-order chi connectivity index (χ1) is 23.4. The summed E-state index contributed by atoms with van der Waals surface area (Å²) in [5.74, 6) is -1.95. The second-order valence-corrected chi connectivity index (χ2v) is 14.9. The Morgan fingerprint density at radius 3 is 0.958 bits per heavy atom. The number of ether oxygens (including phenoxy) is 5. The second-order valence-electron chi connectivity index (χ2n) is 13.3. The molecule has 284 valence electrons. The van der Waals surface area contributed by atoms with Crippen LogP contribution < -0.4 is 0 Å². The van der Waals surface area contributed by atoms with Crippen molar-refractivity contribution >= 4 is 13.3 Å². The molecule has 0 saturated heterocycles. The number of rotatable bonds is 39. The van der Waals surface area contributed by atoms with Crippen molar-refractivity contribution < 1.29 is 33.0 Å². The van der Waals surface area contributed by atoms with Gasteiger partial charge in [-0.05, 0) is 32.1 Å². The van der Waals surface area contributed by atoms with Gasteiger partial charge in [0.2, 0.25) is 0 Å². The summed E-state index contributed by atoms with van der Waals surface area (Å²) in [4.78, 5) is 13.4. The predicted molar refractivity (Wildman–Crippen MR) is 202 cm³/mol. The Balaban J connectivity index is 6.73. The molecule has 0 aliphatic carbocycles. The van der Waals surface area contributed by atoms with Gasteiger partial charge in [-0.25, -0.2) is 4.79 Å². The van der Waals surface area contributed by atoms with Crippen LogP contribution >= 0.6 is 7.80 Å². The third-order valence-corrected chi connectivity index (χ3v) is 10.4. The zero-order valence-corrected chi connectivity index (χ0v) is 33.2. The lowest BCUT2D eigenvalue weighted by atomic mass is 10.1. The average Bonchev–Trinajstić information content (AvgIpc) is 3.10. The van der Waals surface area contributed by atoms with Gasteiger partial charge < -0.3 is 23.7 Å². The van der Waals surface area contributed by atoms with Crippen molar-refractivity contribution in [3.05, 3.63) is 12.7 Å². The lowest BCUT2D eigenvalue weighted by molar-refractivity contribution is -0.472. The van der Waals surface area contributed by atoms with E-state index in [4.69, 9.17) is 23.7 Å². The van der Waals surface area contributed by atoms with Gasteiger partial charge in [0.25, 0.3) is 0 Å². The van der Waals surface area contributed by atoms with E-state index in [-0.39, 0.29) is 13.2 Å². The van der Waals surface area contributed by atoms with Gasteiger partial charge in [0.05, 0.1) is 33.0 Å². The highest BCUT2D eigenvalue weighted by molar-refractivity contribution is 7.65. The second kappa shape index (κ2) is 33.5. The van der Waals surface area contributed by atoms with Crippen LogP contribution in [0.3, 0.4) is 0 Å². The summed E-state index contributed by atoms with van der Waals surface area (Å²) in [6.45, 7) is 16.1. The summed E-state index contributed by atoms with van der Waals surface area (Å²) in [6, 6.07) is 0. The van der Waals surface area contributed by atoms with Gasteiger partial charge in [0, 0.05) is 6.08 Å². The van der Waals surface area contributed by atoms with Crippen LogP contribution in [0.1, 0.15) is 195 Å². The van der Waals surface area contributed by atoms with Crippen molar-refractivity contribution in [3.63, 3.8) is 0 Å². The first kappa shape index (κ1) is 47.3. The van der Waals surface area contributed by atoms with Gasteiger partial charge in [0.15, 0.2) is 0 Å². The van der Waals surface area contributed by atoms with E-state index in [0.29, 0.717) is 19.8 Å². The summed E-state index contributed by atoms with van der Waals surface area (Å²) in [7, 11) is -2.85. The minimum atomic E-state index is -2.85. The Morgan fingerprint density at radius 1 is 0.458 bits per heavy atom. The zero-order chi connectivity index (χ0) is 35.6. The SMILES string of the molecule is C=CC(=O)[P+](=O)C(OCCCCCCC)(OCCCCCCC)C(OCCCCCCC)(OCCCCCCC)OCCCCCCC. The molecule has 1 atom stereocenters. The molecule has 0 saturated carbocycles. The summed E-state index contributed by atoms with van der Waals surface area (Å²) in [5.41, 5.74) is -2.70. The molecule has 0 N–H and O–H groups in total. The summed E-state index contributed by atoms with van der Waals surface area (Å²) < 4.78 is 47.8. The van der Waals surface area contributed by atoms with Crippen molar-refractivity contribution in [1.29, 1.82) is 0 Å². The Kier molecular flexibility index (Phi) is 33.0. The molecule has 0 fully saturated rings. The fraction of sp³-hybridized carbons (Fsp3) is 0.925. The number of allylic oxidation sites excluding steroid dienone is 1.